The first-order valence-electron chi connectivity index (χ1n) is 13.9. The quantitative estimate of drug-likeness (QED) is 0.277. The number of rotatable bonds is 8. The van der Waals surface area contributed by atoms with Crippen molar-refractivity contribution < 1.29 is 14.4 Å². The Morgan fingerprint density at radius 3 is 1.90 bits per heavy atom. The molecule has 41 heavy (non-hydrogen) atoms. The van der Waals surface area contributed by atoms with Gasteiger partial charge in [-0.25, -0.2) is 4.79 Å². The number of nitrogens with zero attached hydrogens (tertiary/aromatic N) is 2. The number of nitrogens with one attached hydrogen (secondary N) is 1. The third kappa shape index (κ3) is 5.50. The Kier molecular flexibility index (Phi) is 8.02. The van der Waals surface area contributed by atoms with Crippen molar-refractivity contribution in [2.75, 3.05) is 7.05 Å². The third-order valence-electron chi connectivity index (χ3n) is 8.20. The van der Waals surface area contributed by atoms with Gasteiger partial charge in [0, 0.05) is 12.6 Å². The Labute approximate surface area is 241 Å². The van der Waals surface area contributed by atoms with Crippen molar-refractivity contribution >= 4 is 17.8 Å². The Morgan fingerprint density at radius 2 is 1.32 bits per heavy atom. The van der Waals surface area contributed by atoms with E-state index in [1.807, 2.05) is 123 Å². The molecule has 4 atom stereocenters. The van der Waals surface area contributed by atoms with E-state index in [-0.39, 0.29) is 23.9 Å². The molecule has 4 aromatic rings. The molecule has 1 fully saturated rings. The molecule has 4 amide bonds. The monoisotopic (exact) mass is 545 g/mol. The Morgan fingerprint density at radius 1 is 0.805 bits per heavy atom. The number of likely N-dealkylation sites (N-methyl/N-ethyl adjacent to an activating group) is 1. The summed E-state index contributed by atoms with van der Waals surface area (Å²) in [7, 11) is 1.73. The van der Waals surface area contributed by atoms with Crippen molar-refractivity contribution in [2.24, 2.45) is 5.41 Å². The fraction of sp³-hybridized carbons (Fsp3) is 0.229. The molecule has 1 aliphatic rings. The standard InChI is InChI=1S/C35H35N3O3/c1-25-30(27-18-10-5-11-19-27)38(34(41)37(25)3)33(40)35(2,24-26-16-8-4-9-17-26)31(28-20-12-6-13-21-28)36-32(39)29-22-14-7-15-23-29/h4-23,25,30-31H,24H2,1-3H3,(H,36,39)/t25-,30-,31+,35+/m0/s1. The number of carbonyl (C=O) groups excluding carboxylic acids is 3. The molecule has 1 heterocycles. The second-order valence-electron chi connectivity index (χ2n) is 10.9. The van der Waals surface area contributed by atoms with Crippen LogP contribution >= 0.6 is 0 Å². The highest BCUT2D eigenvalue weighted by molar-refractivity contribution is 6.01. The summed E-state index contributed by atoms with van der Waals surface area (Å²) in [6, 6.07) is 36.1. The zero-order valence-corrected chi connectivity index (χ0v) is 23.6. The fourth-order valence-corrected chi connectivity index (χ4v) is 5.84. The average Bonchev–Trinajstić information content (AvgIpc) is 3.24. The molecule has 0 aliphatic carbocycles. The van der Waals surface area contributed by atoms with E-state index in [0.29, 0.717) is 12.0 Å². The largest absolute Gasteiger partial charge is 0.344 e. The number of benzene rings is 4. The molecule has 0 radical (unpaired) electrons. The van der Waals surface area contributed by atoms with Gasteiger partial charge in [0.25, 0.3) is 5.91 Å². The van der Waals surface area contributed by atoms with Crippen LogP contribution in [-0.4, -0.2) is 40.7 Å². The lowest BCUT2D eigenvalue weighted by Crippen LogP contribution is -2.53. The third-order valence-corrected chi connectivity index (χ3v) is 8.20. The molecule has 5 rings (SSSR count). The van der Waals surface area contributed by atoms with Gasteiger partial charge in [0.15, 0.2) is 0 Å². The highest BCUT2D eigenvalue weighted by Gasteiger charge is 2.53. The number of hydrogen-bond acceptors (Lipinski definition) is 3. The summed E-state index contributed by atoms with van der Waals surface area (Å²) in [5.74, 6) is -0.622. The minimum atomic E-state index is -1.22. The first kappa shape index (κ1) is 27.8. The predicted octanol–water partition coefficient (Wildman–Crippen LogP) is 6.43. The van der Waals surface area contributed by atoms with E-state index >= 15 is 4.79 Å². The van der Waals surface area contributed by atoms with Gasteiger partial charge < -0.3 is 10.2 Å². The maximum atomic E-state index is 15.0. The van der Waals surface area contributed by atoms with Crippen LogP contribution in [0.4, 0.5) is 4.79 Å². The lowest BCUT2D eigenvalue weighted by Gasteiger charge is -2.40. The van der Waals surface area contributed by atoms with Crippen LogP contribution in [0.2, 0.25) is 0 Å². The zero-order valence-electron chi connectivity index (χ0n) is 23.6. The van der Waals surface area contributed by atoms with E-state index in [0.717, 1.165) is 16.7 Å². The molecule has 208 valence electrons. The van der Waals surface area contributed by atoms with Crippen molar-refractivity contribution in [1.82, 2.24) is 15.1 Å². The molecule has 0 bridgehead atoms. The number of imide groups is 1. The summed E-state index contributed by atoms with van der Waals surface area (Å²) in [5.41, 5.74) is 1.88. The molecule has 0 spiro atoms. The topological polar surface area (TPSA) is 69.7 Å². The van der Waals surface area contributed by atoms with Crippen molar-refractivity contribution in [1.29, 1.82) is 0 Å². The molecule has 6 heteroatoms. The highest BCUT2D eigenvalue weighted by atomic mass is 16.2. The van der Waals surface area contributed by atoms with Crippen molar-refractivity contribution in [3.63, 3.8) is 0 Å². The number of amides is 4. The molecule has 0 saturated carbocycles. The average molecular weight is 546 g/mol. The zero-order chi connectivity index (χ0) is 29.0. The molecule has 1 N–H and O–H groups in total. The van der Waals surface area contributed by atoms with E-state index < -0.39 is 17.5 Å². The van der Waals surface area contributed by atoms with Crippen molar-refractivity contribution in [2.45, 2.75) is 38.4 Å². The van der Waals surface area contributed by atoms with Gasteiger partial charge in [-0.2, -0.15) is 0 Å². The smallest absolute Gasteiger partial charge is 0.327 e. The number of urea groups is 1. The van der Waals surface area contributed by atoms with Crippen LogP contribution < -0.4 is 5.32 Å². The molecule has 0 aromatic heterocycles. The van der Waals surface area contributed by atoms with Gasteiger partial charge in [0.2, 0.25) is 5.91 Å². The van der Waals surface area contributed by atoms with Gasteiger partial charge in [0.05, 0.1) is 23.5 Å². The van der Waals surface area contributed by atoms with Crippen molar-refractivity contribution in [3.05, 3.63) is 144 Å². The van der Waals surface area contributed by atoms with E-state index in [1.54, 1.807) is 24.1 Å². The second-order valence-corrected chi connectivity index (χ2v) is 10.9. The van der Waals surface area contributed by atoms with Crippen LogP contribution in [0.3, 0.4) is 0 Å². The minimum absolute atomic E-state index is 0.232. The molecular formula is C35H35N3O3. The van der Waals surface area contributed by atoms with Crippen LogP contribution in [0.25, 0.3) is 0 Å². The maximum absolute atomic E-state index is 15.0. The van der Waals surface area contributed by atoms with Crippen LogP contribution in [0, 0.1) is 5.41 Å². The second kappa shape index (κ2) is 11.8. The summed E-state index contributed by atoms with van der Waals surface area (Å²) in [6.45, 7) is 3.83. The Hall–Kier alpha value is -4.71. The predicted molar refractivity (Wildman–Crippen MR) is 160 cm³/mol. The van der Waals surface area contributed by atoms with Crippen LogP contribution in [0.15, 0.2) is 121 Å². The SMILES string of the molecule is C[C@H]1[C@@H](c2ccccc2)N(C(=O)[C@](C)(Cc2ccccc2)[C@H](NC(=O)c2ccccc2)c2ccccc2)C(=O)N1C. The van der Waals surface area contributed by atoms with E-state index in [9.17, 15) is 9.59 Å². The summed E-state index contributed by atoms with van der Waals surface area (Å²) < 4.78 is 0. The molecule has 1 saturated heterocycles. The summed E-state index contributed by atoms with van der Waals surface area (Å²) in [4.78, 5) is 45.5. The van der Waals surface area contributed by atoms with Crippen LogP contribution in [0.5, 0.6) is 0 Å². The molecule has 4 aromatic carbocycles. The minimum Gasteiger partial charge on any atom is -0.344 e. The summed E-state index contributed by atoms with van der Waals surface area (Å²) in [5, 5.41) is 3.20. The number of hydrogen-bond donors (Lipinski definition) is 1. The van der Waals surface area contributed by atoms with Gasteiger partial charge in [-0.1, -0.05) is 109 Å². The van der Waals surface area contributed by atoms with Gasteiger partial charge >= 0.3 is 6.03 Å². The maximum Gasteiger partial charge on any atom is 0.327 e. The van der Waals surface area contributed by atoms with Gasteiger partial charge in [-0.05, 0) is 49.1 Å². The first-order chi connectivity index (χ1) is 19.8. The lowest BCUT2D eigenvalue weighted by atomic mass is 9.72. The molecular weight excluding hydrogens is 510 g/mol. The summed E-state index contributed by atoms with van der Waals surface area (Å²) in [6.07, 6.45) is 0.310. The van der Waals surface area contributed by atoms with Gasteiger partial charge in [0.1, 0.15) is 0 Å². The normalized spacial score (nSPS) is 19.0. The highest BCUT2D eigenvalue weighted by Crippen LogP contribution is 2.44. The van der Waals surface area contributed by atoms with E-state index in [4.69, 9.17) is 0 Å². The van der Waals surface area contributed by atoms with Crippen LogP contribution in [-0.2, 0) is 11.2 Å². The fourth-order valence-electron chi connectivity index (χ4n) is 5.84. The Balaban J connectivity index is 1.65. The van der Waals surface area contributed by atoms with Crippen LogP contribution in [0.1, 0.15) is 53.0 Å². The van der Waals surface area contributed by atoms with Gasteiger partial charge in [-0.3, -0.25) is 14.5 Å². The molecule has 1 aliphatic heterocycles. The first-order valence-corrected chi connectivity index (χ1v) is 13.9. The van der Waals surface area contributed by atoms with Gasteiger partial charge in [-0.15, -0.1) is 0 Å². The lowest BCUT2D eigenvalue weighted by molar-refractivity contribution is -0.141. The van der Waals surface area contributed by atoms with Crippen molar-refractivity contribution in [3.8, 4) is 0 Å². The molecule has 6 nitrogen and oxygen atoms in total. The molecule has 0 unspecified atom stereocenters. The van der Waals surface area contributed by atoms with E-state index in [2.05, 4.69) is 5.32 Å². The number of carbonyl (C=O) groups is 3. The van der Waals surface area contributed by atoms with E-state index in [1.165, 1.54) is 4.90 Å². The summed E-state index contributed by atoms with van der Waals surface area (Å²) >= 11 is 0. The Bertz CT molecular complexity index is 1500.